The molecule has 3 heteroatoms. The third kappa shape index (κ3) is 3.46. The molecule has 1 aliphatic rings. The van der Waals surface area contributed by atoms with Crippen LogP contribution in [0.3, 0.4) is 0 Å². The number of imidazole rings is 1. The largest absolute Gasteiger partial charge is 0.345 e. The molecular weight excluding hydrogens is 198 g/mol. The fourth-order valence-corrected chi connectivity index (χ4v) is 1.64. The highest BCUT2D eigenvalue weighted by Gasteiger charge is 2.15. The van der Waals surface area contributed by atoms with Crippen molar-refractivity contribution in [3.8, 4) is 24.2 Å². The number of rotatable bonds is 0. The average molecular weight is 215 g/mol. The lowest BCUT2D eigenvalue weighted by atomic mass is 10.2. The van der Waals surface area contributed by atoms with Crippen LogP contribution < -0.4 is 0 Å². The summed E-state index contributed by atoms with van der Waals surface area (Å²) in [5.74, 6) is 8.12. The van der Waals surface area contributed by atoms with Gasteiger partial charge >= 0.3 is 0 Å². The van der Waals surface area contributed by atoms with E-state index in [1.54, 1.807) is 6.92 Å². The zero-order valence-corrected chi connectivity index (χ0v) is 10.1. The van der Waals surface area contributed by atoms with Crippen LogP contribution in [0.5, 0.6) is 0 Å². The van der Waals surface area contributed by atoms with E-state index in [2.05, 4.69) is 39.7 Å². The summed E-state index contributed by atoms with van der Waals surface area (Å²) in [4.78, 5) is 9.98. The summed E-state index contributed by atoms with van der Waals surface area (Å²) in [5, 5.41) is 0. The first-order valence-corrected chi connectivity index (χ1v) is 5.27. The van der Waals surface area contributed by atoms with E-state index in [4.69, 9.17) is 6.42 Å². The van der Waals surface area contributed by atoms with Crippen LogP contribution >= 0.6 is 0 Å². The number of aromatic amines is 1. The molecule has 1 aromatic heterocycles. The van der Waals surface area contributed by atoms with Gasteiger partial charge in [0.1, 0.15) is 5.82 Å². The maximum atomic E-state index is 4.72. The molecule has 0 atom stereocenters. The van der Waals surface area contributed by atoms with E-state index < -0.39 is 0 Å². The lowest BCUT2D eigenvalue weighted by molar-refractivity contribution is 0.307. The van der Waals surface area contributed by atoms with Gasteiger partial charge in [0, 0.05) is 19.5 Å². The van der Waals surface area contributed by atoms with E-state index in [0.29, 0.717) is 0 Å². The van der Waals surface area contributed by atoms with Gasteiger partial charge in [0.25, 0.3) is 0 Å². The van der Waals surface area contributed by atoms with Crippen LogP contribution in [0.2, 0.25) is 0 Å². The lowest BCUT2D eigenvalue weighted by Crippen LogP contribution is -2.26. The molecule has 2 rings (SSSR count). The van der Waals surface area contributed by atoms with Gasteiger partial charge in [-0.2, -0.15) is 0 Å². The number of nitrogens with one attached hydrogen (secondary N) is 1. The van der Waals surface area contributed by atoms with Gasteiger partial charge < -0.3 is 9.88 Å². The molecule has 0 saturated carbocycles. The number of H-pyrrole nitrogens is 1. The first-order valence-electron chi connectivity index (χ1n) is 5.27. The Bertz CT molecular complexity index is 440. The molecule has 0 aromatic carbocycles. The van der Waals surface area contributed by atoms with E-state index in [1.165, 1.54) is 11.4 Å². The van der Waals surface area contributed by atoms with Gasteiger partial charge in [0.2, 0.25) is 0 Å². The van der Waals surface area contributed by atoms with Crippen molar-refractivity contribution in [2.75, 3.05) is 13.6 Å². The number of likely N-dealkylation sites (N-methyl/N-ethyl adjacent to an activating group) is 1. The van der Waals surface area contributed by atoms with Crippen molar-refractivity contribution < 1.29 is 0 Å². The Morgan fingerprint density at radius 2 is 2.25 bits per heavy atom. The topological polar surface area (TPSA) is 31.9 Å². The highest BCUT2D eigenvalue weighted by atomic mass is 15.1. The van der Waals surface area contributed by atoms with Gasteiger partial charge in [-0.3, -0.25) is 0 Å². The second-order valence-corrected chi connectivity index (χ2v) is 3.75. The maximum Gasteiger partial charge on any atom is 0.103 e. The van der Waals surface area contributed by atoms with Gasteiger partial charge in [-0.1, -0.05) is 5.92 Å². The number of terminal acetylenes is 1. The van der Waals surface area contributed by atoms with Crippen LogP contribution in [0.15, 0.2) is 0 Å². The minimum atomic E-state index is 1.02. The van der Waals surface area contributed by atoms with Gasteiger partial charge in [-0.05, 0) is 32.7 Å². The van der Waals surface area contributed by atoms with E-state index in [0.717, 1.165) is 25.3 Å². The van der Waals surface area contributed by atoms with Crippen LogP contribution in [-0.4, -0.2) is 28.5 Å². The Labute approximate surface area is 97.3 Å². The number of aromatic nitrogens is 2. The summed E-state index contributed by atoms with van der Waals surface area (Å²) in [6.45, 7) is 5.88. The third-order valence-corrected chi connectivity index (χ3v) is 2.34. The molecule has 2 heterocycles. The summed E-state index contributed by atoms with van der Waals surface area (Å²) >= 11 is 0. The number of nitrogens with zero attached hydrogens (tertiary/aromatic N) is 2. The van der Waals surface area contributed by atoms with Crippen LogP contribution in [0, 0.1) is 31.1 Å². The summed E-state index contributed by atoms with van der Waals surface area (Å²) in [6, 6.07) is 0. The van der Waals surface area contributed by atoms with E-state index in [1.807, 2.05) is 6.92 Å². The van der Waals surface area contributed by atoms with Crippen molar-refractivity contribution in [2.45, 2.75) is 26.8 Å². The van der Waals surface area contributed by atoms with Crippen molar-refractivity contribution in [1.82, 2.24) is 14.9 Å². The van der Waals surface area contributed by atoms with Crippen LogP contribution in [0.25, 0.3) is 0 Å². The van der Waals surface area contributed by atoms with Crippen LogP contribution in [0.1, 0.15) is 24.1 Å². The maximum absolute atomic E-state index is 4.72. The minimum Gasteiger partial charge on any atom is -0.345 e. The zero-order chi connectivity index (χ0) is 12.0. The fraction of sp³-hybridized carbons (Fsp3) is 0.462. The predicted molar refractivity (Wildman–Crippen MR) is 65.6 cm³/mol. The van der Waals surface area contributed by atoms with Gasteiger partial charge in [-0.25, -0.2) is 4.98 Å². The van der Waals surface area contributed by atoms with Gasteiger partial charge in [0.15, 0.2) is 0 Å². The standard InChI is InChI=1S/C8H13N3.C5H4/c1-6-9-7-3-4-11(2)5-8(7)10-6;1-3-5-4-2/h3-5H2,1-2H3,(H,9,10);1H,2H3. The Morgan fingerprint density at radius 3 is 2.81 bits per heavy atom. The number of hydrogen-bond acceptors (Lipinski definition) is 2. The van der Waals surface area contributed by atoms with Crippen molar-refractivity contribution in [3.05, 3.63) is 17.2 Å². The van der Waals surface area contributed by atoms with E-state index in [9.17, 15) is 0 Å². The molecule has 0 bridgehead atoms. The Balaban J connectivity index is 0.000000221. The second kappa shape index (κ2) is 6.00. The fourth-order valence-electron chi connectivity index (χ4n) is 1.64. The van der Waals surface area contributed by atoms with E-state index in [-0.39, 0.29) is 0 Å². The van der Waals surface area contributed by atoms with Crippen molar-refractivity contribution in [1.29, 1.82) is 0 Å². The third-order valence-electron chi connectivity index (χ3n) is 2.34. The smallest absolute Gasteiger partial charge is 0.103 e. The molecule has 0 aliphatic carbocycles. The van der Waals surface area contributed by atoms with Crippen molar-refractivity contribution in [3.63, 3.8) is 0 Å². The van der Waals surface area contributed by atoms with E-state index >= 15 is 0 Å². The van der Waals surface area contributed by atoms with Gasteiger partial charge in [0.05, 0.1) is 11.4 Å². The molecule has 3 nitrogen and oxygen atoms in total. The summed E-state index contributed by atoms with van der Waals surface area (Å²) in [5.41, 5.74) is 2.57. The molecule has 0 radical (unpaired) electrons. The van der Waals surface area contributed by atoms with Crippen LogP contribution in [0.4, 0.5) is 0 Å². The predicted octanol–water partition coefficient (Wildman–Crippen LogP) is 1.35. The molecule has 0 saturated heterocycles. The minimum absolute atomic E-state index is 1.02. The summed E-state index contributed by atoms with van der Waals surface area (Å²) in [7, 11) is 2.14. The summed E-state index contributed by atoms with van der Waals surface area (Å²) in [6.07, 6.45) is 5.81. The lowest BCUT2D eigenvalue weighted by Gasteiger charge is -2.20. The number of hydrogen-bond donors (Lipinski definition) is 1. The monoisotopic (exact) mass is 215 g/mol. The SMILES string of the molecule is C#CC#CC.Cc1nc2c([nH]1)CN(C)CC2. The molecule has 1 aliphatic heterocycles. The van der Waals surface area contributed by atoms with Gasteiger partial charge in [-0.15, -0.1) is 6.42 Å². The average Bonchev–Trinajstić information content (AvgIpc) is 2.59. The Kier molecular flexibility index (Phi) is 4.64. The molecule has 0 unspecified atom stereocenters. The molecule has 1 N–H and O–H groups in total. The number of aryl methyl sites for hydroxylation is 1. The molecular formula is C13H17N3. The molecule has 0 fully saturated rings. The quantitative estimate of drug-likeness (QED) is 0.662. The molecule has 1 aromatic rings. The summed E-state index contributed by atoms with van der Waals surface area (Å²) < 4.78 is 0. The van der Waals surface area contributed by atoms with Crippen LogP contribution in [-0.2, 0) is 13.0 Å². The molecule has 0 amide bonds. The Hall–Kier alpha value is -1.71. The molecule has 0 spiro atoms. The normalized spacial score (nSPS) is 13.6. The Morgan fingerprint density at radius 1 is 1.50 bits per heavy atom. The zero-order valence-electron chi connectivity index (χ0n) is 10.1. The van der Waals surface area contributed by atoms with Crippen molar-refractivity contribution in [2.24, 2.45) is 0 Å². The first kappa shape index (κ1) is 12.4. The molecule has 16 heavy (non-hydrogen) atoms. The first-order chi connectivity index (χ1) is 7.67. The molecule has 84 valence electrons. The highest BCUT2D eigenvalue weighted by Crippen LogP contribution is 2.14. The van der Waals surface area contributed by atoms with Crippen molar-refractivity contribution >= 4 is 0 Å². The second-order valence-electron chi connectivity index (χ2n) is 3.75. The number of fused-ring (bicyclic) bond motifs is 1. The highest BCUT2D eigenvalue weighted by molar-refractivity contribution is 5.20.